The van der Waals surface area contributed by atoms with E-state index < -0.39 is 36.3 Å². The van der Waals surface area contributed by atoms with E-state index in [4.69, 9.17) is 0 Å². The molecule has 0 saturated heterocycles. The Balaban J connectivity index is 1.81. The van der Waals surface area contributed by atoms with Crippen LogP contribution in [0.2, 0.25) is 0 Å². The van der Waals surface area contributed by atoms with Gasteiger partial charge in [0.1, 0.15) is 17.7 Å². The Labute approximate surface area is 160 Å². The molecule has 6 heteroatoms. The second-order valence-corrected chi connectivity index (χ2v) is 6.34. The molecular formula is C22H19F2NO3. The van der Waals surface area contributed by atoms with Crippen molar-refractivity contribution in [2.45, 2.75) is 12.1 Å². The summed E-state index contributed by atoms with van der Waals surface area (Å²) in [5, 5.41) is 24.1. The highest BCUT2D eigenvalue weighted by Crippen LogP contribution is 2.23. The summed E-state index contributed by atoms with van der Waals surface area (Å²) in [4.78, 5) is 12.3. The molecule has 3 aromatic carbocycles. The molecule has 0 aromatic heterocycles. The van der Waals surface area contributed by atoms with Gasteiger partial charge < -0.3 is 15.5 Å². The summed E-state index contributed by atoms with van der Waals surface area (Å²) in [6.07, 6.45) is 1.09. The molecule has 4 nitrogen and oxygen atoms in total. The largest absolute Gasteiger partial charge is 0.394 e. The lowest BCUT2D eigenvalue weighted by atomic mass is 9.98. The van der Waals surface area contributed by atoms with Crippen LogP contribution in [0.25, 0.3) is 16.8 Å². The van der Waals surface area contributed by atoms with Crippen molar-refractivity contribution in [1.82, 2.24) is 5.32 Å². The van der Waals surface area contributed by atoms with Gasteiger partial charge in [-0.05, 0) is 40.6 Å². The lowest BCUT2D eigenvalue weighted by molar-refractivity contribution is -0.118. The summed E-state index contributed by atoms with van der Waals surface area (Å²) in [6.45, 7) is -0.548. The van der Waals surface area contributed by atoms with Crippen LogP contribution >= 0.6 is 0 Å². The van der Waals surface area contributed by atoms with Crippen LogP contribution in [0.5, 0.6) is 0 Å². The summed E-state index contributed by atoms with van der Waals surface area (Å²) < 4.78 is 26.6. The van der Waals surface area contributed by atoms with Crippen molar-refractivity contribution in [1.29, 1.82) is 0 Å². The third-order valence-corrected chi connectivity index (χ3v) is 4.38. The van der Waals surface area contributed by atoms with Crippen LogP contribution < -0.4 is 5.32 Å². The van der Waals surface area contributed by atoms with Crippen LogP contribution in [0.3, 0.4) is 0 Å². The van der Waals surface area contributed by atoms with Gasteiger partial charge in [0.05, 0.1) is 12.6 Å². The second-order valence-electron chi connectivity index (χ2n) is 6.34. The van der Waals surface area contributed by atoms with Gasteiger partial charge in [-0.15, -0.1) is 0 Å². The zero-order valence-corrected chi connectivity index (χ0v) is 14.8. The number of carbonyl (C=O) groups excluding carboxylic acids is 1. The smallest absolute Gasteiger partial charge is 0.244 e. The molecule has 3 rings (SSSR count). The number of benzene rings is 3. The third kappa shape index (κ3) is 4.60. The fourth-order valence-corrected chi connectivity index (χ4v) is 2.91. The molecule has 144 valence electrons. The van der Waals surface area contributed by atoms with Crippen LogP contribution in [-0.4, -0.2) is 28.8 Å². The molecule has 3 N–H and O–H groups in total. The first-order valence-corrected chi connectivity index (χ1v) is 8.69. The van der Waals surface area contributed by atoms with Gasteiger partial charge in [0.15, 0.2) is 0 Å². The van der Waals surface area contributed by atoms with E-state index >= 15 is 0 Å². The maximum Gasteiger partial charge on any atom is 0.244 e. The first-order chi connectivity index (χ1) is 13.5. The van der Waals surface area contributed by atoms with Gasteiger partial charge in [0.2, 0.25) is 5.91 Å². The Morgan fingerprint density at radius 3 is 2.50 bits per heavy atom. The maximum atomic E-state index is 13.7. The Kier molecular flexibility index (Phi) is 6.13. The highest BCUT2D eigenvalue weighted by Gasteiger charge is 2.22. The fraction of sp³-hybridized carbons (Fsp3) is 0.136. The standard InChI is InChI=1S/C22H19F2NO3/c23-18-9-7-15(19(24)12-18)8-10-21(28)25-22(20(27)13-26)17-6-5-14-3-1-2-4-16(14)11-17/h1-12,20,22,26-27H,13H2,(H,25,28). The molecule has 1 amide bonds. The minimum atomic E-state index is -1.22. The van der Waals surface area contributed by atoms with Crippen molar-refractivity contribution in [3.63, 3.8) is 0 Å². The molecule has 0 aliphatic carbocycles. The summed E-state index contributed by atoms with van der Waals surface area (Å²) in [7, 11) is 0. The molecule has 0 bridgehead atoms. The number of aliphatic hydroxyl groups excluding tert-OH is 2. The first-order valence-electron chi connectivity index (χ1n) is 8.69. The molecule has 2 unspecified atom stereocenters. The van der Waals surface area contributed by atoms with E-state index in [1.54, 1.807) is 6.07 Å². The Hall–Kier alpha value is -3.09. The predicted molar refractivity (Wildman–Crippen MR) is 103 cm³/mol. The number of halogens is 2. The predicted octanol–water partition coefficient (Wildman–Crippen LogP) is 3.34. The Morgan fingerprint density at radius 2 is 1.79 bits per heavy atom. The molecule has 0 radical (unpaired) electrons. The molecule has 0 heterocycles. The number of hydrogen-bond acceptors (Lipinski definition) is 3. The number of fused-ring (bicyclic) bond motifs is 1. The first kappa shape index (κ1) is 19.7. The zero-order valence-electron chi connectivity index (χ0n) is 14.8. The van der Waals surface area contributed by atoms with Crippen molar-refractivity contribution < 1.29 is 23.8 Å². The summed E-state index contributed by atoms with van der Waals surface area (Å²) in [6, 6.07) is 15.2. The highest BCUT2D eigenvalue weighted by atomic mass is 19.1. The summed E-state index contributed by atoms with van der Waals surface area (Å²) in [5.74, 6) is -2.08. The topological polar surface area (TPSA) is 69.6 Å². The van der Waals surface area contributed by atoms with Crippen molar-refractivity contribution in [2.75, 3.05) is 6.61 Å². The van der Waals surface area contributed by atoms with E-state index in [2.05, 4.69) is 5.32 Å². The Bertz CT molecular complexity index is 1020. The molecule has 0 spiro atoms. The average molecular weight is 383 g/mol. The molecule has 0 saturated carbocycles. The minimum absolute atomic E-state index is 0.0570. The monoisotopic (exact) mass is 383 g/mol. The van der Waals surface area contributed by atoms with Crippen LogP contribution in [0.1, 0.15) is 17.2 Å². The fourth-order valence-electron chi connectivity index (χ4n) is 2.91. The van der Waals surface area contributed by atoms with E-state index in [0.29, 0.717) is 5.56 Å². The summed E-state index contributed by atoms with van der Waals surface area (Å²) >= 11 is 0. The highest BCUT2D eigenvalue weighted by molar-refractivity contribution is 5.92. The van der Waals surface area contributed by atoms with Crippen LogP contribution in [0.4, 0.5) is 8.78 Å². The van der Waals surface area contributed by atoms with Crippen molar-refractivity contribution in [3.8, 4) is 0 Å². The van der Waals surface area contributed by atoms with Gasteiger partial charge in [0.25, 0.3) is 0 Å². The molecule has 2 atom stereocenters. The number of amides is 1. The SMILES string of the molecule is O=C(C=Cc1ccc(F)cc1F)NC(c1ccc2ccccc2c1)C(O)CO. The van der Waals surface area contributed by atoms with Crippen LogP contribution in [0.15, 0.2) is 66.7 Å². The molecule has 0 fully saturated rings. The number of rotatable bonds is 6. The van der Waals surface area contributed by atoms with E-state index in [1.807, 2.05) is 36.4 Å². The molecular weight excluding hydrogens is 364 g/mol. The van der Waals surface area contributed by atoms with Crippen LogP contribution in [-0.2, 0) is 4.79 Å². The Morgan fingerprint density at radius 1 is 1.04 bits per heavy atom. The molecule has 3 aromatic rings. The summed E-state index contributed by atoms with van der Waals surface area (Å²) in [5.41, 5.74) is 0.677. The number of nitrogens with one attached hydrogen (secondary N) is 1. The van der Waals surface area contributed by atoms with E-state index in [1.165, 1.54) is 12.1 Å². The average Bonchev–Trinajstić information content (AvgIpc) is 2.70. The van der Waals surface area contributed by atoms with Gasteiger partial charge in [0, 0.05) is 17.7 Å². The lowest BCUT2D eigenvalue weighted by Gasteiger charge is -2.23. The lowest BCUT2D eigenvalue weighted by Crippen LogP contribution is -2.37. The van der Waals surface area contributed by atoms with Crippen molar-refractivity contribution in [3.05, 3.63) is 89.5 Å². The van der Waals surface area contributed by atoms with Gasteiger partial charge in [-0.1, -0.05) is 36.4 Å². The maximum absolute atomic E-state index is 13.7. The number of carbonyl (C=O) groups is 1. The number of aliphatic hydroxyl groups is 2. The molecule has 0 aliphatic rings. The minimum Gasteiger partial charge on any atom is -0.394 e. The number of hydrogen-bond donors (Lipinski definition) is 3. The molecule has 0 aliphatic heterocycles. The van der Waals surface area contributed by atoms with Crippen molar-refractivity contribution >= 4 is 22.8 Å². The quantitative estimate of drug-likeness (QED) is 0.572. The van der Waals surface area contributed by atoms with Crippen molar-refractivity contribution in [2.24, 2.45) is 0 Å². The normalized spacial score (nSPS) is 13.6. The second kappa shape index (κ2) is 8.73. The van der Waals surface area contributed by atoms with Gasteiger partial charge in [-0.3, -0.25) is 4.79 Å². The van der Waals surface area contributed by atoms with Crippen LogP contribution in [0, 0.1) is 11.6 Å². The van der Waals surface area contributed by atoms with E-state index in [9.17, 15) is 23.8 Å². The van der Waals surface area contributed by atoms with Gasteiger partial charge in [-0.25, -0.2) is 8.78 Å². The van der Waals surface area contributed by atoms with Gasteiger partial charge >= 0.3 is 0 Å². The molecule has 28 heavy (non-hydrogen) atoms. The zero-order chi connectivity index (χ0) is 20.1. The van der Waals surface area contributed by atoms with E-state index in [0.717, 1.165) is 29.0 Å². The van der Waals surface area contributed by atoms with E-state index in [-0.39, 0.29) is 5.56 Å². The van der Waals surface area contributed by atoms with Gasteiger partial charge in [-0.2, -0.15) is 0 Å². The third-order valence-electron chi connectivity index (χ3n) is 4.38.